The second kappa shape index (κ2) is 7.46. The van der Waals surface area contributed by atoms with Crippen LogP contribution in [0.5, 0.6) is 0 Å². The van der Waals surface area contributed by atoms with Gasteiger partial charge in [-0.3, -0.25) is 14.4 Å². The summed E-state index contributed by atoms with van der Waals surface area (Å²) in [5.41, 5.74) is 4.30. The third-order valence-corrected chi connectivity index (χ3v) is 5.35. The number of anilines is 2. The second-order valence-corrected chi connectivity index (χ2v) is 7.33. The van der Waals surface area contributed by atoms with E-state index in [9.17, 15) is 14.4 Å². The lowest BCUT2D eigenvalue weighted by Gasteiger charge is -2.19. The third-order valence-electron chi connectivity index (χ3n) is 5.35. The number of nitrogens with one attached hydrogen (secondary N) is 1. The molecular formula is C22H23N3O3. The van der Waals surface area contributed by atoms with E-state index in [2.05, 4.69) is 5.32 Å². The van der Waals surface area contributed by atoms with Gasteiger partial charge in [-0.2, -0.15) is 0 Å². The largest absolute Gasteiger partial charge is 0.334 e. The molecule has 0 atom stereocenters. The summed E-state index contributed by atoms with van der Waals surface area (Å²) in [7, 11) is 0. The van der Waals surface area contributed by atoms with E-state index in [1.807, 2.05) is 49.4 Å². The first-order chi connectivity index (χ1) is 13.5. The van der Waals surface area contributed by atoms with Gasteiger partial charge in [-0.1, -0.05) is 18.2 Å². The summed E-state index contributed by atoms with van der Waals surface area (Å²) in [5.74, 6) is 0.00296. The van der Waals surface area contributed by atoms with Gasteiger partial charge in [0.25, 0.3) is 5.91 Å². The van der Waals surface area contributed by atoms with Gasteiger partial charge in [0.2, 0.25) is 11.8 Å². The third kappa shape index (κ3) is 3.50. The van der Waals surface area contributed by atoms with E-state index in [1.165, 1.54) is 0 Å². The minimum atomic E-state index is -0.131. The van der Waals surface area contributed by atoms with Crippen LogP contribution in [-0.4, -0.2) is 35.7 Å². The van der Waals surface area contributed by atoms with E-state index in [1.54, 1.807) is 9.80 Å². The molecule has 1 fully saturated rings. The molecule has 0 unspecified atom stereocenters. The summed E-state index contributed by atoms with van der Waals surface area (Å²) in [6.07, 6.45) is 1.72. The van der Waals surface area contributed by atoms with Gasteiger partial charge in [-0.15, -0.1) is 0 Å². The van der Waals surface area contributed by atoms with E-state index < -0.39 is 0 Å². The molecule has 0 aliphatic carbocycles. The van der Waals surface area contributed by atoms with Crippen molar-refractivity contribution >= 4 is 29.1 Å². The molecule has 3 amide bonds. The van der Waals surface area contributed by atoms with Crippen LogP contribution < -0.4 is 10.2 Å². The SMILES string of the molecule is Cc1cc(NC(=O)CCN2Cc3ccccc3C2=O)ccc1N1CCCC1=O. The van der Waals surface area contributed by atoms with Gasteiger partial charge in [0.1, 0.15) is 0 Å². The lowest BCUT2D eigenvalue weighted by atomic mass is 10.1. The first kappa shape index (κ1) is 18.2. The van der Waals surface area contributed by atoms with Crippen molar-refractivity contribution < 1.29 is 14.4 Å². The molecule has 2 heterocycles. The summed E-state index contributed by atoms with van der Waals surface area (Å²) in [6, 6.07) is 13.1. The molecule has 6 nitrogen and oxygen atoms in total. The number of carbonyl (C=O) groups excluding carboxylic acids is 3. The fraction of sp³-hybridized carbons (Fsp3) is 0.318. The van der Waals surface area contributed by atoms with Crippen LogP contribution in [-0.2, 0) is 16.1 Å². The number of fused-ring (bicyclic) bond motifs is 1. The van der Waals surface area contributed by atoms with E-state index >= 15 is 0 Å². The van der Waals surface area contributed by atoms with Crippen LogP contribution >= 0.6 is 0 Å². The molecule has 0 aromatic heterocycles. The van der Waals surface area contributed by atoms with Gasteiger partial charge in [-0.25, -0.2) is 0 Å². The standard InChI is InChI=1S/C22H23N3O3/c1-15-13-17(8-9-19(15)25-11-4-7-21(25)27)23-20(26)10-12-24-14-16-5-2-3-6-18(16)22(24)28/h2-3,5-6,8-9,13H,4,7,10-12,14H2,1H3,(H,23,26). The zero-order valence-corrected chi connectivity index (χ0v) is 15.9. The molecule has 1 saturated heterocycles. The number of benzene rings is 2. The summed E-state index contributed by atoms with van der Waals surface area (Å²) < 4.78 is 0. The lowest BCUT2D eigenvalue weighted by Crippen LogP contribution is -2.28. The van der Waals surface area contributed by atoms with Crippen molar-refractivity contribution in [2.24, 2.45) is 0 Å². The molecule has 28 heavy (non-hydrogen) atoms. The molecule has 0 saturated carbocycles. The molecule has 1 N–H and O–H groups in total. The minimum Gasteiger partial charge on any atom is -0.334 e. The maximum Gasteiger partial charge on any atom is 0.254 e. The Balaban J connectivity index is 1.34. The molecule has 0 bridgehead atoms. The molecule has 2 aliphatic rings. The Kier molecular flexibility index (Phi) is 4.86. The average Bonchev–Trinajstić information content (AvgIpc) is 3.24. The van der Waals surface area contributed by atoms with Gasteiger partial charge in [0, 0.05) is 49.4 Å². The maximum atomic E-state index is 12.4. The number of rotatable bonds is 5. The zero-order valence-electron chi connectivity index (χ0n) is 15.9. The van der Waals surface area contributed by atoms with Crippen molar-refractivity contribution in [2.45, 2.75) is 32.7 Å². The Hall–Kier alpha value is -3.15. The normalized spacial score (nSPS) is 15.9. The molecule has 2 aromatic carbocycles. The Morgan fingerprint density at radius 1 is 1.14 bits per heavy atom. The van der Waals surface area contributed by atoms with Crippen molar-refractivity contribution in [1.29, 1.82) is 0 Å². The van der Waals surface area contributed by atoms with Gasteiger partial charge < -0.3 is 15.1 Å². The highest BCUT2D eigenvalue weighted by atomic mass is 16.2. The molecule has 2 aromatic rings. The smallest absolute Gasteiger partial charge is 0.254 e. The quantitative estimate of drug-likeness (QED) is 0.870. The monoisotopic (exact) mass is 377 g/mol. The predicted octanol–water partition coefficient (Wildman–Crippen LogP) is 3.11. The van der Waals surface area contributed by atoms with E-state index in [4.69, 9.17) is 0 Å². The van der Waals surface area contributed by atoms with Crippen LogP contribution in [0.4, 0.5) is 11.4 Å². The molecule has 0 spiro atoms. The van der Waals surface area contributed by atoms with Crippen LogP contribution in [0.2, 0.25) is 0 Å². The van der Waals surface area contributed by atoms with Crippen molar-refractivity contribution in [3.63, 3.8) is 0 Å². The van der Waals surface area contributed by atoms with Crippen molar-refractivity contribution in [1.82, 2.24) is 4.90 Å². The number of aryl methyl sites for hydroxylation is 1. The number of hydrogen-bond donors (Lipinski definition) is 1. The molecule has 4 rings (SSSR count). The summed E-state index contributed by atoms with van der Waals surface area (Å²) in [6.45, 7) is 3.63. The van der Waals surface area contributed by atoms with Crippen molar-refractivity contribution in [3.8, 4) is 0 Å². The summed E-state index contributed by atoms with van der Waals surface area (Å²) >= 11 is 0. The number of carbonyl (C=O) groups is 3. The Morgan fingerprint density at radius 3 is 2.68 bits per heavy atom. The zero-order chi connectivity index (χ0) is 19.7. The second-order valence-electron chi connectivity index (χ2n) is 7.33. The minimum absolute atomic E-state index is 0.0149. The van der Waals surface area contributed by atoms with Crippen LogP contribution in [0, 0.1) is 6.92 Å². The molecule has 6 heteroatoms. The number of amides is 3. The van der Waals surface area contributed by atoms with E-state index in [0.29, 0.717) is 25.2 Å². The highest BCUT2D eigenvalue weighted by Gasteiger charge is 2.27. The molecule has 0 radical (unpaired) electrons. The van der Waals surface area contributed by atoms with Crippen molar-refractivity contribution in [2.75, 3.05) is 23.3 Å². The average molecular weight is 377 g/mol. The number of nitrogens with zero attached hydrogens (tertiary/aromatic N) is 2. The van der Waals surface area contributed by atoms with Gasteiger partial charge in [0.05, 0.1) is 0 Å². The molecule has 144 valence electrons. The molecule has 2 aliphatic heterocycles. The number of hydrogen-bond acceptors (Lipinski definition) is 3. The van der Waals surface area contributed by atoms with E-state index in [0.717, 1.165) is 35.3 Å². The Bertz CT molecular complexity index is 954. The topological polar surface area (TPSA) is 69.7 Å². The first-order valence-electron chi connectivity index (χ1n) is 9.61. The fourth-order valence-corrected chi connectivity index (χ4v) is 3.89. The maximum absolute atomic E-state index is 12.4. The van der Waals surface area contributed by atoms with Crippen molar-refractivity contribution in [3.05, 3.63) is 59.2 Å². The van der Waals surface area contributed by atoms with Crippen LogP contribution in [0.15, 0.2) is 42.5 Å². The Labute approximate surface area is 164 Å². The summed E-state index contributed by atoms with van der Waals surface area (Å²) in [4.78, 5) is 40.1. The van der Waals surface area contributed by atoms with Gasteiger partial charge >= 0.3 is 0 Å². The van der Waals surface area contributed by atoms with Gasteiger partial charge in [-0.05, 0) is 48.7 Å². The summed E-state index contributed by atoms with van der Waals surface area (Å²) in [5, 5.41) is 2.89. The predicted molar refractivity (Wildman–Crippen MR) is 107 cm³/mol. The Morgan fingerprint density at radius 2 is 1.96 bits per heavy atom. The van der Waals surface area contributed by atoms with Crippen LogP contribution in [0.3, 0.4) is 0 Å². The highest BCUT2D eigenvalue weighted by Crippen LogP contribution is 2.27. The van der Waals surface area contributed by atoms with Crippen LogP contribution in [0.1, 0.15) is 40.7 Å². The van der Waals surface area contributed by atoms with Gasteiger partial charge in [0.15, 0.2) is 0 Å². The van der Waals surface area contributed by atoms with Crippen LogP contribution in [0.25, 0.3) is 0 Å². The lowest BCUT2D eigenvalue weighted by molar-refractivity contribution is -0.117. The first-order valence-corrected chi connectivity index (χ1v) is 9.61. The molecular weight excluding hydrogens is 354 g/mol. The highest BCUT2D eigenvalue weighted by molar-refractivity contribution is 5.99. The van der Waals surface area contributed by atoms with E-state index in [-0.39, 0.29) is 24.1 Å². The fourth-order valence-electron chi connectivity index (χ4n) is 3.89.